The lowest BCUT2D eigenvalue weighted by atomic mass is 9.78. The minimum atomic E-state index is -3.41. The fraction of sp³-hybridized carbons (Fsp3) is 0.562. The standard InChI is InChI=1S/C16H23N3O2S.ClH/c1-16(2)7-4-8-18-15(16)11-19-22(20,21)12-14-6-3-5-13(9-14)10-17;/h3,5-6,9,15,18-19H,4,7-8,11-12H2,1-2H3;1H. The first-order chi connectivity index (χ1) is 10.3. The van der Waals surface area contributed by atoms with E-state index in [4.69, 9.17) is 5.26 Å². The van der Waals surface area contributed by atoms with E-state index in [-0.39, 0.29) is 29.6 Å². The molecule has 1 saturated heterocycles. The Morgan fingerprint density at radius 2 is 2.17 bits per heavy atom. The van der Waals surface area contributed by atoms with Crippen LogP contribution >= 0.6 is 12.4 Å². The molecule has 1 aliphatic heterocycles. The summed E-state index contributed by atoms with van der Waals surface area (Å²) in [6.45, 7) is 5.65. The second-order valence-corrected chi connectivity index (χ2v) is 8.33. The van der Waals surface area contributed by atoms with E-state index in [1.165, 1.54) is 0 Å². The van der Waals surface area contributed by atoms with E-state index in [0.29, 0.717) is 17.7 Å². The number of rotatable bonds is 5. The molecule has 0 amide bonds. The number of benzene rings is 1. The molecule has 23 heavy (non-hydrogen) atoms. The topological polar surface area (TPSA) is 82.0 Å². The smallest absolute Gasteiger partial charge is 0.215 e. The number of hydrogen-bond acceptors (Lipinski definition) is 4. The molecule has 7 heteroatoms. The van der Waals surface area contributed by atoms with E-state index < -0.39 is 10.0 Å². The van der Waals surface area contributed by atoms with Gasteiger partial charge < -0.3 is 5.32 Å². The van der Waals surface area contributed by atoms with Gasteiger partial charge in [-0.2, -0.15) is 5.26 Å². The molecule has 128 valence electrons. The van der Waals surface area contributed by atoms with Crippen LogP contribution in [0, 0.1) is 16.7 Å². The van der Waals surface area contributed by atoms with E-state index in [0.717, 1.165) is 19.4 Å². The van der Waals surface area contributed by atoms with Gasteiger partial charge in [-0.25, -0.2) is 13.1 Å². The highest BCUT2D eigenvalue weighted by Crippen LogP contribution is 2.29. The molecule has 1 atom stereocenters. The van der Waals surface area contributed by atoms with Crippen LogP contribution in [0.5, 0.6) is 0 Å². The molecule has 0 saturated carbocycles. The molecule has 1 unspecified atom stereocenters. The molecule has 0 spiro atoms. The van der Waals surface area contributed by atoms with Crippen LogP contribution in [-0.2, 0) is 15.8 Å². The van der Waals surface area contributed by atoms with Crippen LogP contribution in [0.1, 0.15) is 37.8 Å². The van der Waals surface area contributed by atoms with E-state index in [2.05, 4.69) is 23.9 Å². The van der Waals surface area contributed by atoms with Crippen molar-refractivity contribution in [3.63, 3.8) is 0 Å². The Balaban J connectivity index is 0.00000264. The number of hydrogen-bond donors (Lipinski definition) is 2. The summed E-state index contributed by atoms with van der Waals surface area (Å²) in [5.41, 5.74) is 1.19. The van der Waals surface area contributed by atoms with Crippen LogP contribution in [0.3, 0.4) is 0 Å². The Hall–Kier alpha value is -1.13. The van der Waals surface area contributed by atoms with Crippen molar-refractivity contribution in [2.24, 2.45) is 5.41 Å². The molecule has 0 aliphatic carbocycles. The summed E-state index contributed by atoms with van der Waals surface area (Å²) in [7, 11) is -3.41. The quantitative estimate of drug-likeness (QED) is 0.846. The van der Waals surface area contributed by atoms with Crippen LogP contribution in [0.15, 0.2) is 24.3 Å². The zero-order chi connectivity index (χ0) is 16.2. The number of nitrogens with zero attached hydrogens (tertiary/aromatic N) is 1. The first-order valence-corrected chi connectivity index (χ1v) is 9.17. The predicted molar refractivity (Wildman–Crippen MR) is 93.8 cm³/mol. The average molecular weight is 358 g/mol. The lowest BCUT2D eigenvalue weighted by molar-refractivity contribution is 0.181. The van der Waals surface area contributed by atoms with Crippen molar-refractivity contribution in [2.75, 3.05) is 13.1 Å². The maximum atomic E-state index is 12.2. The molecule has 1 heterocycles. The summed E-state index contributed by atoms with van der Waals surface area (Å²) in [6, 6.07) is 8.87. The molecule has 2 N–H and O–H groups in total. The molecular formula is C16H24ClN3O2S. The lowest BCUT2D eigenvalue weighted by Crippen LogP contribution is -2.52. The predicted octanol–water partition coefficient (Wildman–Crippen LogP) is 2.18. The summed E-state index contributed by atoms with van der Waals surface area (Å²) in [4.78, 5) is 0. The van der Waals surface area contributed by atoms with Gasteiger partial charge in [0.25, 0.3) is 0 Å². The summed E-state index contributed by atoms with van der Waals surface area (Å²) >= 11 is 0. The van der Waals surface area contributed by atoms with Crippen molar-refractivity contribution in [3.05, 3.63) is 35.4 Å². The molecule has 5 nitrogen and oxygen atoms in total. The highest BCUT2D eigenvalue weighted by atomic mass is 35.5. The van der Waals surface area contributed by atoms with Gasteiger partial charge in [0.2, 0.25) is 10.0 Å². The molecule has 1 aromatic rings. The Kier molecular flexibility index (Phi) is 7.02. The normalized spacial score (nSPS) is 20.3. The van der Waals surface area contributed by atoms with Gasteiger partial charge >= 0.3 is 0 Å². The van der Waals surface area contributed by atoms with Gasteiger partial charge in [0.1, 0.15) is 0 Å². The Morgan fingerprint density at radius 3 is 2.83 bits per heavy atom. The first-order valence-electron chi connectivity index (χ1n) is 7.52. The third kappa shape index (κ3) is 5.78. The van der Waals surface area contributed by atoms with E-state index >= 15 is 0 Å². The van der Waals surface area contributed by atoms with Gasteiger partial charge in [0.15, 0.2) is 0 Å². The summed E-state index contributed by atoms with van der Waals surface area (Å²) in [6.07, 6.45) is 2.22. The molecule has 0 bridgehead atoms. The molecule has 1 aromatic carbocycles. The SMILES string of the molecule is CC1(C)CCCNC1CNS(=O)(=O)Cc1cccc(C#N)c1.Cl. The third-order valence-corrected chi connectivity index (χ3v) is 5.57. The van der Waals surface area contributed by atoms with Crippen LogP contribution < -0.4 is 10.0 Å². The van der Waals surface area contributed by atoms with E-state index in [1.54, 1.807) is 24.3 Å². The van der Waals surface area contributed by atoms with Crippen molar-refractivity contribution in [3.8, 4) is 6.07 Å². The monoisotopic (exact) mass is 357 g/mol. The first kappa shape index (κ1) is 19.9. The van der Waals surface area contributed by atoms with Gasteiger partial charge in [0.05, 0.1) is 17.4 Å². The summed E-state index contributed by atoms with van der Waals surface area (Å²) in [5, 5.41) is 12.3. The van der Waals surface area contributed by atoms with Crippen molar-refractivity contribution >= 4 is 22.4 Å². The highest BCUT2D eigenvalue weighted by Gasteiger charge is 2.32. The number of sulfonamides is 1. The number of piperidine rings is 1. The molecule has 1 aliphatic rings. The molecular weight excluding hydrogens is 334 g/mol. The Bertz CT molecular complexity index is 668. The van der Waals surface area contributed by atoms with Crippen LogP contribution in [0.2, 0.25) is 0 Å². The molecule has 0 radical (unpaired) electrons. The van der Waals surface area contributed by atoms with Gasteiger partial charge in [-0.1, -0.05) is 26.0 Å². The zero-order valence-corrected chi connectivity index (χ0v) is 15.1. The van der Waals surface area contributed by atoms with Crippen LogP contribution in [0.25, 0.3) is 0 Å². The van der Waals surface area contributed by atoms with Crippen LogP contribution in [-0.4, -0.2) is 27.5 Å². The number of nitriles is 1. The number of halogens is 1. The van der Waals surface area contributed by atoms with Crippen LogP contribution in [0.4, 0.5) is 0 Å². The molecule has 0 aromatic heterocycles. The highest BCUT2D eigenvalue weighted by molar-refractivity contribution is 7.88. The second-order valence-electron chi connectivity index (χ2n) is 6.52. The Labute approximate surface area is 144 Å². The van der Waals surface area contributed by atoms with Gasteiger partial charge in [-0.05, 0) is 42.5 Å². The third-order valence-electron chi connectivity index (χ3n) is 4.25. The fourth-order valence-electron chi connectivity index (χ4n) is 2.83. The lowest BCUT2D eigenvalue weighted by Gasteiger charge is -2.39. The Morgan fingerprint density at radius 1 is 1.43 bits per heavy atom. The maximum absolute atomic E-state index is 12.2. The zero-order valence-electron chi connectivity index (χ0n) is 13.5. The minimum absolute atomic E-state index is 0. The van der Waals surface area contributed by atoms with E-state index in [1.807, 2.05) is 6.07 Å². The van der Waals surface area contributed by atoms with Gasteiger partial charge in [-0.3, -0.25) is 0 Å². The van der Waals surface area contributed by atoms with Gasteiger partial charge in [-0.15, -0.1) is 12.4 Å². The average Bonchev–Trinajstić information content (AvgIpc) is 2.45. The fourth-order valence-corrected chi connectivity index (χ4v) is 3.97. The summed E-state index contributed by atoms with van der Waals surface area (Å²) < 4.78 is 27.2. The second kappa shape index (κ2) is 8.11. The van der Waals surface area contributed by atoms with Crippen molar-refractivity contribution in [1.82, 2.24) is 10.0 Å². The molecule has 1 fully saturated rings. The van der Waals surface area contributed by atoms with Crippen molar-refractivity contribution in [2.45, 2.75) is 38.5 Å². The molecule has 2 rings (SSSR count). The van der Waals surface area contributed by atoms with E-state index in [9.17, 15) is 8.42 Å². The number of nitrogens with one attached hydrogen (secondary N) is 2. The minimum Gasteiger partial charge on any atom is -0.312 e. The summed E-state index contributed by atoms with van der Waals surface area (Å²) in [5.74, 6) is -0.102. The largest absolute Gasteiger partial charge is 0.312 e. The van der Waals surface area contributed by atoms with Crippen molar-refractivity contribution < 1.29 is 8.42 Å². The van der Waals surface area contributed by atoms with Crippen molar-refractivity contribution in [1.29, 1.82) is 5.26 Å². The van der Waals surface area contributed by atoms with Gasteiger partial charge in [0, 0.05) is 12.6 Å². The maximum Gasteiger partial charge on any atom is 0.215 e.